The van der Waals surface area contributed by atoms with E-state index in [9.17, 15) is 22.8 Å². The highest BCUT2D eigenvalue weighted by Crippen LogP contribution is 2.28. The summed E-state index contributed by atoms with van der Waals surface area (Å²) in [7, 11) is 0. The van der Waals surface area contributed by atoms with Crippen LogP contribution in [-0.2, 0) is 4.74 Å². The Morgan fingerprint density at radius 1 is 1.41 bits per heavy atom. The van der Waals surface area contributed by atoms with Gasteiger partial charge in [0.1, 0.15) is 5.60 Å². The summed E-state index contributed by atoms with van der Waals surface area (Å²) >= 11 is 0. The van der Waals surface area contributed by atoms with Crippen molar-refractivity contribution in [1.29, 1.82) is 0 Å². The first kappa shape index (κ1) is 13.6. The summed E-state index contributed by atoms with van der Waals surface area (Å²) in [6, 6.07) is -3.27. The summed E-state index contributed by atoms with van der Waals surface area (Å²) in [5.74, 6) is 0. The SMILES string of the molecule is CC(C)(C)OC(=O)N1C(=O)NCC1C(F)(F)F. The van der Waals surface area contributed by atoms with Crippen molar-refractivity contribution in [2.24, 2.45) is 0 Å². The van der Waals surface area contributed by atoms with Gasteiger partial charge in [0.15, 0.2) is 6.04 Å². The van der Waals surface area contributed by atoms with Crippen LogP contribution in [0.15, 0.2) is 0 Å². The zero-order valence-electron chi connectivity index (χ0n) is 9.59. The number of rotatable bonds is 0. The van der Waals surface area contributed by atoms with E-state index in [0.717, 1.165) is 0 Å². The van der Waals surface area contributed by atoms with Gasteiger partial charge in [-0.3, -0.25) is 0 Å². The van der Waals surface area contributed by atoms with Gasteiger partial charge in [-0.2, -0.15) is 13.2 Å². The number of hydrogen-bond donors (Lipinski definition) is 1. The second-order valence-corrected chi connectivity index (χ2v) is 4.59. The first-order valence-corrected chi connectivity index (χ1v) is 4.89. The number of nitrogens with one attached hydrogen (secondary N) is 1. The number of nitrogens with zero attached hydrogens (tertiary/aromatic N) is 1. The Kier molecular flexibility index (Phi) is 3.26. The molecule has 1 fully saturated rings. The van der Waals surface area contributed by atoms with Gasteiger partial charge in [0.25, 0.3) is 0 Å². The van der Waals surface area contributed by atoms with Gasteiger partial charge in [0.2, 0.25) is 0 Å². The lowest BCUT2D eigenvalue weighted by atomic mass is 10.2. The number of imide groups is 1. The summed E-state index contributed by atoms with van der Waals surface area (Å²) in [6.07, 6.45) is -5.97. The molecule has 1 saturated heterocycles. The minimum absolute atomic E-state index is 0.0608. The number of halogens is 3. The first-order chi connectivity index (χ1) is 7.52. The third-order valence-electron chi connectivity index (χ3n) is 1.95. The van der Waals surface area contributed by atoms with Crippen LogP contribution >= 0.6 is 0 Å². The first-order valence-electron chi connectivity index (χ1n) is 4.89. The summed E-state index contributed by atoms with van der Waals surface area (Å²) in [5, 5.41) is 1.96. The monoisotopic (exact) mass is 254 g/mol. The van der Waals surface area contributed by atoms with E-state index in [2.05, 4.69) is 0 Å². The molecule has 3 amide bonds. The molecule has 1 rings (SSSR count). The Morgan fingerprint density at radius 2 is 1.94 bits per heavy atom. The maximum atomic E-state index is 12.5. The molecule has 1 heterocycles. The minimum Gasteiger partial charge on any atom is -0.443 e. The number of hydrogen-bond acceptors (Lipinski definition) is 3. The summed E-state index contributed by atoms with van der Waals surface area (Å²) in [5.41, 5.74) is -0.962. The standard InChI is InChI=1S/C9H13F3N2O3/c1-8(2,3)17-7(16)14-5(9(10,11)12)4-13-6(14)15/h5H,4H2,1-3H3,(H,13,15). The minimum atomic E-state index is -4.67. The fourth-order valence-corrected chi connectivity index (χ4v) is 1.29. The molecule has 1 atom stereocenters. The predicted octanol–water partition coefficient (Wildman–Crippen LogP) is 1.88. The summed E-state index contributed by atoms with van der Waals surface area (Å²) in [6.45, 7) is 3.85. The molecular weight excluding hydrogens is 241 g/mol. The van der Waals surface area contributed by atoms with Crippen molar-refractivity contribution >= 4 is 12.1 Å². The molecule has 98 valence electrons. The second kappa shape index (κ2) is 4.08. The van der Waals surface area contributed by atoms with Crippen LogP contribution < -0.4 is 5.32 Å². The van der Waals surface area contributed by atoms with Gasteiger partial charge in [-0.25, -0.2) is 14.5 Å². The van der Waals surface area contributed by atoms with Gasteiger partial charge >= 0.3 is 18.3 Å². The Bertz CT molecular complexity index is 335. The van der Waals surface area contributed by atoms with E-state index in [4.69, 9.17) is 4.74 Å². The fourth-order valence-electron chi connectivity index (χ4n) is 1.29. The van der Waals surface area contributed by atoms with Crippen LogP contribution in [0.4, 0.5) is 22.8 Å². The van der Waals surface area contributed by atoms with E-state index >= 15 is 0 Å². The van der Waals surface area contributed by atoms with Crippen molar-refractivity contribution < 1.29 is 27.5 Å². The van der Waals surface area contributed by atoms with Gasteiger partial charge < -0.3 is 10.1 Å². The van der Waals surface area contributed by atoms with Crippen LogP contribution in [0, 0.1) is 0 Å². The van der Waals surface area contributed by atoms with E-state index in [1.165, 1.54) is 20.8 Å². The normalized spacial score (nSPS) is 21.4. The molecule has 1 aliphatic heterocycles. The maximum absolute atomic E-state index is 12.5. The topological polar surface area (TPSA) is 58.6 Å². The van der Waals surface area contributed by atoms with Gasteiger partial charge in [0.05, 0.1) is 0 Å². The number of alkyl halides is 3. The molecular formula is C9H13F3N2O3. The third-order valence-corrected chi connectivity index (χ3v) is 1.95. The van der Waals surface area contributed by atoms with E-state index in [-0.39, 0.29) is 4.90 Å². The van der Waals surface area contributed by atoms with Crippen molar-refractivity contribution in [3.05, 3.63) is 0 Å². The smallest absolute Gasteiger partial charge is 0.419 e. The highest BCUT2D eigenvalue weighted by atomic mass is 19.4. The van der Waals surface area contributed by atoms with Crippen molar-refractivity contribution in [2.75, 3.05) is 6.54 Å². The third kappa shape index (κ3) is 3.24. The van der Waals surface area contributed by atoms with Crippen LogP contribution in [0.3, 0.4) is 0 Å². The molecule has 0 aromatic heterocycles. The molecule has 17 heavy (non-hydrogen) atoms. The van der Waals surface area contributed by atoms with E-state index in [0.29, 0.717) is 0 Å². The van der Waals surface area contributed by atoms with Gasteiger partial charge in [-0.1, -0.05) is 0 Å². The van der Waals surface area contributed by atoms with Crippen LogP contribution in [0.25, 0.3) is 0 Å². The molecule has 1 N–H and O–H groups in total. The number of urea groups is 1. The van der Waals surface area contributed by atoms with Crippen molar-refractivity contribution in [2.45, 2.75) is 38.6 Å². The lowest BCUT2D eigenvalue weighted by molar-refractivity contribution is -0.166. The summed E-state index contributed by atoms with van der Waals surface area (Å²) in [4.78, 5) is 22.7. The average molecular weight is 254 g/mol. The molecule has 0 radical (unpaired) electrons. The molecule has 0 spiro atoms. The van der Waals surface area contributed by atoms with Crippen LogP contribution in [-0.4, -0.2) is 41.4 Å². The van der Waals surface area contributed by atoms with Crippen molar-refractivity contribution in [1.82, 2.24) is 10.2 Å². The van der Waals surface area contributed by atoms with Crippen molar-refractivity contribution in [3.8, 4) is 0 Å². The van der Waals surface area contributed by atoms with E-state index in [1.54, 1.807) is 0 Å². The molecule has 1 unspecified atom stereocenters. The zero-order chi connectivity index (χ0) is 13.4. The van der Waals surface area contributed by atoms with Crippen LogP contribution in [0.2, 0.25) is 0 Å². The molecule has 0 aromatic rings. The number of amides is 3. The summed E-state index contributed by atoms with van der Waals surface area (Å²) < 4.78 is 42.4. The average Bonchev–Trinajstić information content (AvgIpc) is 2.42. The zero-order valence-corrected chi connectivity index (χ0v) is 9.59. The molecule has 0 aliphatic carbocycles. The molecule has 5 nitrogen and oxygen atoms in total. The van der Waals surface area contributed by atoms with E-state index < -0.39 is 36.5 Å². The lowest BCUT2D eigenvalue weighted by Gasteiger charge is -2.27. The van der Waals surface area contributed by atoms with Gasteiger partial charge in [0, 0.05) is 6.54 Å². The molecule has 0 saturated carbocycles. The fraction of sp³-hybridized carbons (Fsp3) is 0.778. The largest absolute Gasteiger partial charge is 0.443 e. The maximum Gasteiger partial charge on any atom is 0.419 e. The van der Waals surface area contributed by atoms with E-state index in [1.807, 2.05) is 5.32 Å². The predicted molar refractivity (Wildman–Crippen MR) is 51.3 cm³/mol. The Morgan fingerprint density at radius 3 is 2.35 bits per heavy atom. The second-order valence-electron chi connectivity index (χ2n) is 4.59. The molecule has 8 heteroatoms. The highest BCUT2D eigenvalue weighted by Gasteiger charge is 2.52. The number of carbonyl (C=O) groups excluding carboxylic acids is 2. The van der Waals surface area contributed by atoms with Crippen molar-refractivity contribution in [3.63, 3.8) is 0 Å². The molecule has 0 bridgehead atoms. The lowest BCUT2D eigenvalue weighted by Crippen LogP contribution is -2.49. The molecule has 1 aliphatic rings. The Labute approximate surface area is 95.9 Å². The molecule has 0 aromatic carbocycles. The van der Waals surface area contributed by atoms with Gasteiger partial charge in [-0.15, -0.1) is 0 Å². The Hall–Kier alpha value is -1.47. The van der Waals surface area contributed by atoms with Gasteiger partial charge in [-0.05, 0) is 20.8 Å². The number of carbonyl (C=O) groups is 2. The van der Waals surface area contributed by atoms with Crippen LogP contribution in [0.5, 0.6) is 0 Å². The highest BCUT2D eigenvalue weighted by molar-refractivity contribution is 5.93. The van der Waals surface area contributed by atoms with Crippen LogP contribution in [0.1, 0.15) is 20.8 Å². The quantitative estimate of drug-likeness (QED) is 0.718. The Balaban J connectivity index is 2.86. The number of ether oxygens (including phenoxy) is 1.